The number of fused-ring (bicyclic) bond motifs is 3. The van der Waals surface area contributed by atoms with Crippen molar-refractivity contribution in [3.8, 4) is 5.69 Å². The molecule has 0 saturated carbocycles. The van der Waals surface area contributed by atoms with E-state index in [0.29, 0.717) is 30.5 Å². The van der Waals surface area contributed by atoms with Crippen LogP contribution in [0.25, 0.3) is 5.69 Å². The first-order valence-corrected chi connectivity index (χ1v) is 10.3. The molecule has 0 unspecified atom stereocenters. The molecule has 0 atom stereocenters. The Morgan fingerprint density at radius 2 is 1.80 bits per heavy atom. The molecule has 1 fully saturated rings. The van der Waals surface area contributed by atoms with Gasteiger partial charge >= 0.3 is 0 Å². The van der Waals surface area contributed by atoms with Crippen molar-refractivity contribution in [3.63, 3.8) is 0 Å². The summed E-state index contributed by atoms with van der Waals surface area (Å²) < 4.78 is 1.73. The van der Waals surface area contributed by atoms with Crippen LogP contribution in [0.2, 0.25) is 5.02 Å². The quantitative estimate of drug-likeness (QED) is 0.639. The molecule has 2 aliphatic heterocycles. The molecule has 0 N–H and O–H groups in total. The van der Waals surface area contributed by atoms with Crippen LogP contribution >= 0.6 is 11.6 Å². The molecule has 3 heterocycles. The summed E-state index contributed by atoms with van der Waals surface area (Å²) in [4.78, 5) is 26.4. The predicted molar refractivity (Wildman–Crippen MR) is 116 cm³/mol. The van der Waals surface area contributed by atoms with E-state index in [-0.39, 0.29) is 11.7 Å². The van der Waals surface area contributed by atoms with Crippen molar-refractivity contribution in [2.45, 2.75) is 6.54 Å². The van der Waals surface area contributed by atoms with Gasteiger partial charge in [-0.05, 0) is 25.2 Å². The number of likely N-dealkylation sites (N-methyl/N-ethyl adjacent to an activating group) is 1. The number of hydrogen-bond donors (Lipinski definition) is 0. The van der Waals surface area contributed by atoms with Gasteiger partial charge in [0.1, 0.15) is 0 Å². The van der Waals surface area contributed by atoms with E-state index in [1.54, 1.807) is 4.68 Å². The summed E-state index contributed by atoms with van der Waals surface area (Å²) in [5, 5.41) is 5.21. The molecule has 152 valence electrons. The third-order valence-electron chi connectivity index (χ3n) is 5.52. The van der Waals surface area contributed by atoms with Crippen LogP contribution in [-0.2, 0) is 6.54 Å². The van der Waals surface area contributed by atoms with Gasteiger partial charge in [-0.3, -0.25) is 9.79 Å². The van der Waals surface area contributed by atoms with Gasteiger partial charge in [-0.25, -0.2) is 9.67 Å². The molecule has 1 saturated heterocycles. The monoisotopic (exact) mass is 420 g/mol. The third kappa shape index (κ3) is 3.40. The molecule has 5 rings (SSSR count). The summed E-state index contributed by atoms with van der Waals surface area (Å²) in [7, 11) is 2.06. The van der Waals surface area contributed by atoms with Crippen LogP contribution in [0.4, 0.5) is 0 Å². The van der Waals surface area contributed by atoms with E-state index in [1.807, 2.05) is 53.4 Å². The maximum absolute atomic E-state index is 13.0. The van der Waals surface area contributed by atoms with Gasteiger partial charge in [0.2, 0.25) is 5.82 Å². The number of piperazine rings is 1. The van der Waals surface area contributed by atoms with E-state index in [9.17, 15) is 4.79 Å². The lowest BCUT2D eigenvalue weighted by atomic mass is 10.0. The Morgan fingerprint density at radius 1 is 1.03 bits per heavy atom. The van der Waals surface area contributed by atoms with Gasteiger partial charge in [0, 0.05) is 42.3 Å². The molecule has 7 nitrogen and oxygen atoms in total. The maximum atomic E-state index is 13.0. The fraction of sp³-hybridized carbons (Fsp3) is 0.273. The highest BCUT2D eigenvalue weighted by molar-refractivity contribution is 6.31. The number of benzene rings is 2. The average molecular weight is 421 g/mol. The molecule has 2 aliphatic rings. The molecule has 0 radical (unpaired) electrons. The first-order chi connectivity index (χ1) is 14.6. The van der Waals surface area contributed by atoms with Crippen molar-refractivity contribution in [2.75, 3.05) is 33.2 Å². The number of halogens is 1. The van der Waals surface area contributed by atoms with E-state index >= 15 is 0 Å². The molecule has 2 aromatic carbocycles. The molecule has 0 aliphatic carbocycles. The molecule has 30 heavy (non-hydrogen) atoms. The van der Waals surface area contributed by atoms with Crippen molar-refractivity contribution < 1.29 is 4.79 Å². The van der Waals surface area contributed by atoms with E-state index in [4.69, 9.17) is 16.6 Å². The lowest BCUT2D eigenvalue weighted by molar-refractivity contribution is 0.0652. The van der Waals surface area contributed by atoms with Gasteiger partial charge in [-0.1, -0.05) is 41.9 Å². The van der Waals surface area contributed by atoms with E-state index in [2.05, 4.69) is 22.0 Å². The Bertz CT molecular complexity index is 1130. The second kappa shape index (κ2) is 7.66. The number of carbonyl (C=O) groups excluding carboxylic acids is 1. The van der Waals surface area contributed by atoms with Gasteiger partial charge in [0.25, 0.3) is 5.91 Å². The van der Waals surface area contributed by atoms with Crippen LogP contribution in [0.1, 0.15) is 27.6 Å². The first-order valence-electron chi connectivity index (χ1n) is 9.94. The summed E-state index contributed by atoms with van der Waals surface area (Å²) in [6.07, 6.45) is 0. The van der Waals surface area contributed by atoms with Crippen molar-refractivity contribution in [1.82, 2.24) is 24.6 Å². The van der Waals surface area contributed by atoms with E-state index in [1.165, 1.54) is 0 Å². The van der Waals surface area contributed by atoms with Crippen molar-refractivity contribution >= 4 is 23.2 Å². The maximum Gasteiger partial charge on any atom is 0.293 e. The molecule has 0 bridgehead atoms. The lowest BCUT2D eigenvalue weighted by Gasteiger charge is -2.31. The second-order valence-corrected chi connectivity index (χ2v) is 7.99. The molecular formula is C22H21ClN6O. The zero-order valence-electron chi connectivity index (χ0n) is 16.6. The molecule has 0 spiro atoms. The van der Waals surface area contributed by atoms with Gasteiger partial charge in [-0.2, -0.15) is 0 Å². The fourth-order valence-electron chi connectivity index (χ4n) is 3.84. The zero-order valence-corrected chi connectivity index (χ0v) is 17.4. The number of amides is 1. The van der Waals surface area contributed by atoms with Crippen LogP contribution in [0.3, 0.4) is 0 Å². The Hall–Kier alpha value is -3.03. The number of nitrogens with zero attached hydrogens (tertiary/aromatic N) is 6. The minimum absolute atomic E-state index is 0.133. The Kier molecular flexibility index (Phi) is 4.84. The highest BCUT2D eigenvalue weighted by atomic mass is 35.5. The summed E-state index contributed by atoms with van der Waals surface area (Å²) in [6, 6.07) is 15.6. The molecule has 3 aromatic rings. The second-order valence-electron chi connectivity index (χ2n) is 7.55. The molecular weight excluding hydrogens is 400 g/mol. The summed E-state index contributed by atoms with van der Waals surface area (Å²) in [6.45, 7) is 3.40. The van der Waals surface area contributed by atoms with Gasteiger partial charge in [0.15, 0.2) is 5.82 Å². The van der Waals surface area contributed by atoms with Crippen LogP contribution < -0.4 is 0 Å². The van der Waals surface area contributed by atoms with Crippen LogP contribution in [-0.4, -0.2) is 69.4 Å². The van der Waals surface area contributed by atoms with Crippen molar-refractivity contribution in [2.24, 2.45) is 4.99 Å². The van der Waals surface area contributed by atoms with E-state index < -0.39 is 0 Å². The highest BCUT2D eigenvalue weighted by Crippen LogP contribution is 2.27. The highest BCUT2D eigenvalue weighted by Gasteiger charge is 2.27. The normalized spacial score (nSPS) is 16.5. The Labute approximate surface area is 179 Å². The topological polar surface area (TPSA) is 66.6 Å². The van der Waals surface area contributed by atoms with Crippen molar-refractivity contribution in [3.05, 3.63) is 76.3 Å². The molecule has 1 aromatic heterocycles. The number of rotatable bonds is 2. The first kappa shape index (κ1) is 19.0. The number of carbonyl (C=O) groups is 1. The summed E-state index contributed by atoms with van der Waals surface area (Å²) in [5.41, 5.74) is 3.53. The zero-order chi connectivity index (χ0) is 20.7. The Morgan fingerprint density at radius 3 is 2.57 bits per heavy atom. The summed E-state index contributed by atoms with van der Waals surface area (Å²) in [5.74, 6) is 0.724. The number of aliphatic imine (C=N–C) groups is 1. The SMILES string of the molecule is CN1CCN(C(=O)c2nc3n(n2)-c2ccc(Cl)cc2C(c2ccccc2)=NC3)CC1. The van der Waals surface area contributed by atoms with Gasteiger partial charge in [0.05, 0.1) is 17.9 Å². The van der Waals surface area contributed by atoms with Crippen LogP contribution in [0, 0.1) is 0 Å². The minimum atomic E-state index is -0.133. The number of hydrogen-bond acceptors (Lipinski definition) is 5. The lowest BCUT2D eigenvalue weighted by Crippen LogP contribution is -2.47. The molecule has 1 amide bonds. The third-order valence-corrected chi connectivity index (χ3v) is 5.76. The van der Waals surface area contributed by atoms with Crippen LogP contribution in [0.5, 0.6) is 0 Å². The average Bonchev–Trinajstić information content (AvgIpc) is 3.13. The predicted octanol–water partition coefficient (Wildman–Crippen LogP) is 2.66. The molecule has 8 heteroatoms. The largest absolute Gasteiger partial charge is 0.333 e. The smallest absolute Gasteiger partial charge is 0.293 e. The standard InChI is InChI=1S/C22H21ClN6O/c1-27-9-11-28(12-10-27)22(30)21-25-19-14-24-20(15-5-3-2-4-6-15)17-13-16(23)7-8-18(17)29(19)26-21/h2-8,13H,9-12,14H2,1H3. The summed E-state index contributed by atoms with van der Waals surface area (Å²) >= 11 is 6.31. The van der Waals surface area contributed by atoms with Crippen LogP contribution in [0.15, 0.2) is 53.5 Å². The Balaban J connectivity index is 1.55. The van der Waals surface area contributed by atoms with Gasteiger partial charge < -0.3 is 9.80 Å². The van der Waals surface area contributed by atoms with E-state index in [0.717, 1.165) is 35.6 Å². The fourth-order valence-corrected chi connectivity index (χ4v) is 4.01. The van der Waals surface area contributed by atoms with Crippen molar-refractivity contribution in [1.29, 1.82) is 0 Å². The van der Waals surface area contributed by atoms with Gasteiger partial charge in [-0.15, -0.1) is 5.10 Å². The number of aromatic nitrogens is 3. The minimum Gasteiger partial charge on any atom is -0.333 e.